The maximum atomic E-state index is 12.8. The molecule has 2 fully saturated rings. The largest absolute Gasteiger partial charge is 0.325 e. The molecule has 0 unspecified atom stereocenters. The Labute approximate surface area is 200 Å². The molecule has 0 spiro atoms. The first-order valence-electron chi connectivity index (χ1n) is 12.1. The van der Waals surface area contributed by atoms with Gasteiger partial charge in [0, 0.05) is 33.7 Å². The number of carbonyl (C=O) groups excluding carboxylic acids is 4. The molecule has 178 valence electrons. The molecule has 34 heavy (non-hydrogen) atoms. The summed E-state index contributed by atoms with van der Waals surface area (Å²) in [5.41, 5.74) is 4.09. The van der Waals surface area contributed by atoms with Gasteiger partial charge in [0.05, 0.1) is 0 Å². The number of fused-ring (bicyclic) bond motifs is 2. The summed E-state index contributed by atoms with van der Waals surface area (Å²) in [6, 6.07) is 6.47. The molecule has 5 rings (SSSR count). The minimum Gasteiger partial charge on any atom is -0.325 e. The Bertz CT molecular complexity index is 1120. The van der Waals surface area contributed by atoms with Gasteiger partial charge in [0.15, 0.2) is 11.6 Å². The number of rotatable bonds is 6. The summed E-state index contributed by atoms with van der Waals surface area (Å²) < 4.78 is 0. The molecule has 4 aliphatic carbocycles. The molecular formula is C28H32N2O4. The van der Waals surface area contributed by atoms with Crippen molar-refractivity contribution in [3.05, 3.63) is 57.9 Å². The monoisotopic (exact) mass is 460 g/mol. The number of nitrogens with one attached hydrogen (secondary N) is 2. The Morgan fingerprint density at radius 3 is 1.29 bits per heavy atom. The topological polar surface area (TPSA) is 92.3 Å². The zero-order chi connectivity index (χ0) is 24.7. The number of hydrogen-bond donors (Lipinski definition) is 2. The van der Waals surface area contributed by atoms with Crippen LogP contribution in [0.2, 0.25) is 0 Å². The highest BCUT2D eigenvalue weighted by atomic mass is 16.2. The third kappa shape index (κ3) is 3.29. The smallest absolute Gasteiger partial charge is 0.255 e. The maximum absolute atomic E-state index is 12.8. The molecule has 0 saturated heterocycles. The van der Waals surface area contributed by atoms with Crippen LogP contribution in [0.15, 0.2) is 46.8 Å². The summed E-state index contributed by atoms with van der Waals surface area (Å²) in [5, 5.41) is 5.89. The van der Waals surface area contributed by atoms with Gasteiger partial charge < -0.3 is 10.6 Å². The van der Waals surface area contributed by atoms with Crippen molar-refractivity contribution in [2.75, 3.05) is 0 Å². The molecular weight excluding hydrogens is 428 g/mol. The predicted octanol–water partition coefficient (Wildman–Crippen LogP) is 4.18. The Hall–Kier alpha value is -3.02. The molecule has 0 heterocycles. The van der Waals surface area contributed by atoms with Gasteiger partial charge in [0.1, 0.15) is 0 Å². The van der Waals surface area contributed by atoms with Crippen LogP contribution in [0.5, 0.6) is 0 Å². The number of hydrogen-bond acceptors (Lipinski definition) is 4. The molecule has 4 atom stereocenters. The summed E-state index contributed by atoms with van der Waals surface area (Å²) in [4.78, 5) is 50.1. The second-order valence-electron chi connectivity index (χ2n) is 11.6. The van der Waals surface area contributed by atoms with E-state index in [-0.39, 0.29) is 46.0 Å². The summed E-state index contributed by atoms with van der Waals surface area (Å²) in [5.74, 6) is 0.767. The number of carbonyl (C=O) groups is 4. The van der Waals surface area contributed by atoms with Gasteiger partial charge in [0.25, 0.3) is 11.8 Å². The van der Waals surface area contributed by atoms with E-state index in [0.29, 0.717) is 35.8 Å². The van der Waals surface area contributed by atoms with Crippen LogP contribution in [0.3, 0.4) is 0 Å². The lowest BCUT2D eigenvalue weighted by Gasteiger charge is -2.16. The van der Waals surface area contributed by atoms with E-state index in [0.717, 1.165) is 22.5 Å². The number of benzene rings is 1. The van der Waals surface area contributed by atoms with Crippen molar-refractivity contribution in [2.45, 2.75) is 54.4 Å². The van der Waals surface area contributed by atoms with Gasteiger partial charge in [0.2, 0.25) is 0 Å². The molecule has 2 N–H and O–H groups in total. The van der Waals surface area contributed by atoms with Crippen molar-refractivity contribution >= 4 is 23.4 Å². The van der Waals surface area contributed by atoms with E-state index in [9.17, 15) is 19.2 Å². The van der Waals surface area contributed by atoms with Crippen LogP contribution < -0.4 is 10.6 Å². The van der Waals surface area contributed by atoms with Crippen LogP contribution in [-0.4, -0.2) is 23.4 Å². The molecule has 6 nitrogen and oxygen atoms in total. The molecule has 4 aliphatic rings. The zero-order valence-electron chi connectivity index (χ0n) is 20.7. The average Bonchev–Trinajstić information content (AvgIpc) is 3.26. The van der Waals surface area contributed by atoms with Crippen LogP contribution in [0.4, 0.5) is 0 Å². The van der Waals surface area contributed by atoms with Gasteiger partial charge in [-0.05, 0) is 85.5 Å². The van der Waals surface area contributed by atoms with Gasteiger partial charge in [-0.15, -0.1) is 0 Å². The molecule has 0 aliphatic heterocycles. The lowest BCUT2D eigenvalue weighted by Crippen LogP contribution is -2.27. The Kier molecular flexibility index (Phi) is 4.84. The highest BCUT2D eigenvalue weighted by molar-refractivity contribution is 6.02. The van der Waals surface area contributed by atoms with E-state index in [1.165, 1.54) is 0 Å². The SMILES string of the molecule is CC(=O)C1=C(NC(=O)c2ccc(C(=O)NC3=C(C(C)=O)[C@@H]4[C@H](C3)C4(C)C)cc2)C[C@H]2[C@@H]1C2(C)C. The van der Waals surface area contributed by atoms with Crippen molar-refractivity contribution in [2.24, 2.45) is 34.5 Å². The van der Waals surface area contributed by atoms with Crippen LogP contribution in [-0.2, 0) is 9.59 Å². The summed E-state index contributed by atoms with van der Waals surface area (Å²) in [6.07, 6.45) is 1.43. The fourth-order valence-electron chi connectivity index (χ4n) is 6.72. The number of amides is 2. The molecule has 2 saturated carbocycles. The Morgan fingerprint density at radius 1 is 0.676 bits per heavy atom. The molecule has 1 aromatic rings. The van der Waals surface area contributed by atoms with E-state index in [4.69, 9.17) is 0 Å². The van der Waals surface area contributed by atoms with E-state index in [1.54, 1.807) is 38.1 Å². The summed E-state index contributed by atoms with van der Waals surface area (Å²) in [7, 11) is 0. The quantitative estimate of drug-likeness (QED) is 0.666. The van der Waals surface area contributed by atoms with E-state index in [1.807, 2.05) is 0 Å². The normalized spacial score (nSPS) is 29.4. The first-order valence-corrected chi connectivity index (χ1v) is 12.1. The van der Waals surface area contributed by atoms with Crippen molar-refractivity contribution in [1.29, 1.82) is 0 Å². The van der Waals surface area contributed by atoms with Crippen molar-refractivity contribution in [3.8, 4) is 0 Å². The highest BCUT2D eigenvalue weighted by Gasteiger charge is 2.64. The Balaban J connectivity index is 1.27. The van der Waals surface area contributed by atoms with Crippen LogP contribution in [0.1, 0.15) is 75.1 Å². The molecule has 2 amide bonds. The molecule has 0 bridgehead atoms. The molecule has 1 aromatic carbocycles. The molecule has 0 aromatic heterocycles. The Morgan fingerprint density at radius 2 is 1.00 bits per heavy atom. The lowest BCUT2D eigenvalue weighted by atomic mass is 9.96. The molecule has 6 heteroatoms. The van der Waals surface area contributed by atoms with Crippen LogP contribution in [0.25, 0.3) is 0 Å². The van der Waals surface area contributed by atoms with Gasteiger partial charge in [-0.1, -0.05) is 27.7 Å². The predicted molar refractivity (Wildman–Crippen MR) is 128 cm³/mol. The van der Waals surface area contributed by atoms with Crippen molar-refractivity contribution in [3.63, 3.8) is 0 Å². The number of Topliss-reactive ketones (excluding diaryl/α,β-unsaturated/α-hetero) is 2. The fraction of sp³-hybridized carbons (Fsp3) is 0.500. The zero-order valence-corrected chi connectivity index (χ0v) is 20.7. The lowest BCUT2D eigenvalue weighted by molar-refractivity contribution is -0.114. The second kappa shape index (κ2) is 7.24. The summed E-state index contributed by atoms with van der Waals surface area (Å²) in [6.45, 7) is 11.8. The average molecular weight is 461 g/mol. The van der Waals surface area contributed by atoms with E-state index < -0.39 is 0 Å². The van der Waals surface area contributed by atoms with Gasteiger partial charge in [-0.25, -0.2) is 0 Å². The second-order valence-corrected chi connectivity index (χ2v) is 11.6. The molecule has 0 radical (unpaired) electrons. The minimum atomic E-state index is -0.278. The van der Waals surface area contributed by atoms with Crippen molar-refractivity contribution < 1.29 is 19.2 Å². The standard InChI is InChI=1S/C28H32N2O4/c1-13(31)21-19(11-17-23(21)27(17,3)4)29-25(33)15-7-9-16(10-8-15)26(34)30-20-12-18-24(28(18,5)6)22(20)14(2)32/h7-10,17-18,23-24H,11-12H2,1-6H3,(H,29,33)(H,30,34)/t17-,18-,23-,24-/m0/s1. The minimum absolute atomic E-state index is 0.0209. The van der Waals surface area contributed by atoms with Gasteiger partial charge in [-0.2, -0.15) is 0 Å². The van der Waals surface area contributed by atoms with Crippen LogP contribution >= 0.6 is 0 Å². The summed E-state index contributed by atoms with van der Waals surface area (Å²) >= 11 is 0. The number of ketones is 2. The van der Waals surface area contributed by atoms with Gasteiger partial charge >= 0.3 is 0 Å². The fourth-order valence-corrected chi connectivity index (χ4v) is 6.72. The van der Waals surface area contributed by atoms with Gasteiger partial charge in [-0.3, -0.25) is 19.2 Å². The van der Waals surface area contributed by atoms with Crippen LogP contribution in [0, 0.1) is 34.5 Å². The van der Waals surface area contributed by atoms with E-state index >= 15 is 0 Å². The third-order valence-corrected chi connectivity index (χ3v) is 8.92. The van der Waals surface area contributed by atoms with Crippen molar-refractivity contribution in [1.82, 2.24) is 10.6 Å². The first kappa shape index (κ1) is 22.8. The highest BCUT2D eigenvalue weighted by Crippen LogP contribution is 2.69. The van der Waals surface area contributed by atoms with E-state index in [2.05, 4.69) is 38.3 Å². The maximum Gasteiger partial charge on any atom is 0.255 e. The third-order valence-electron chi connectivity index (χ3n) is 8.92. The number of allylic oxidation sites excluding steroid dienone is 4. The first-order chi connectivity index (χ1) is 15.9.